The third-order valence-corrected chi connectivity index (χ3v) is 9.21. The zero-order chi connectivity index (χ0) is 32.1. The molecule has 1 aliphatic heterocycles. The number of hydrogen-bond donors (Lipinski definition) is 2. The predicted molar refractivity (Wildman–Crippen MR) is 180 cm³/mol. The third kappa shape index (κ3) is 6.89. The SMILES string of the molecule is C=CCNC(=O)C(c1ccccc1)C1CCN(c2ccc(NC(=O)c3ccccc3-c3ccc(C(F)(F)C4CC4)cc3)cc2)CC1. The van der Waals surface area contributed by atoms with E-state index in [4.69, 9.17) is 0 Å². The van der Waals surface area contributed by atoms with Crippen LogP contribution >= 0.6 is 0 Å². The van der Waals surface area contributed by atoms with Gasteiger partial charge >= 0.3 is 0 Å². The number of nitrogens with zero attached hydrogens (tertiary/aromatic N) is 1. The second kappa shape index (κ2) is 13.7. The number of carbonyl (C=O) groups excluding carboxylic acids is 2. The summed E-state index contributed by atoms with van der Waals surface area (Å²) in [5.41, 5.74) is 4.67. The Bertz CT molecular complexity index is 1660. The Morgan fingerprint density at radius 2 is 1.50 bits per heavy atom. The molecule has 0 radical (unpaired) electrons. The molecule has 0 bridgehead atoms. The van der Waals surface area contributed by atoms with Gasteiger partial charge in [-0.15, -0.1) is 6.58 Å². The number of amides is 2. The van der Waals surface area contributed by atoms with E-state index in [1.54, 1.807) is 30.3 Å². The number of benzene rings is 4. The molecule has 2 aliphatic rings. The van der Waals surface area contributed by atoms with Crippen LogP contribution in [0.2, 0.25) is 0 Å². The fourth-order valence-electron chi connectivity index (χ4n) is 6.51. The van der Waals surface area contributed by atoms with Gasteiger partial charge in [0.2, 0.25) is 5.91 Å². The van der Waals surface area contributed by atoms with Crippen molar-refractivity contribution in [2.45, 2.75) is 37.5 Å². The van der Waals surface area contributed by atoms with E-state index < -0.39 is 11.8 Å². The lowest BCUT2D eigenvalue weighted by atomic mass is 9.79. The van der Waals surface area contributed by atoms with E-state index in [1.165, 1.54) is 12.1 Å². The van der Waals surface area contributed by atoms with Crippen molar-refractivity contribution in [2.75, 3.05) is 29.9 Å². The van der Waals surface area contributed by atoms with Gasteiger partial charge in [0.05, 0.1) is 5.92 Å². The predicted octanol–water partition coefficient (Wildman–Crippen LogP) is 8.41. The zero-order valence-corrected chi connectivity index (χ0v) is 25.8. The first kappa shape index (κ1) is 31.2. The highest BCUT2D eigenvalue weighted by atomic mass is 19.3. The van der Waals surface area contributed by atoms with Crippen LogP contribution in [0, 0.1) is 11.8 Å². The van der Waals surface area contributed by atoms with Gasteiger partial charge in [0, 0.05) is 48.1 Å². The lowest BCUT2D eigenvalue weighted by molar-refractivity contribution is -0.123. The van der Waals surface area contributed by atoms with Crippen molar-refractivity contribution in [2.24, 2.45) is 11.8 Å². The number of anilines is 2. The van der Waals surface area contributed by atoms with E-state index in [9.17, 15) is 18.4 Å². The summed E-state index contributed by atoms with van der Waals surface area (Å²) in [5, 5.41) is 6.00. The number of hydrogen-bond acceptors (Lipinski definition) is 3. The average molecular weight is 620 g/mol. The van der Waals surface area contributed by atoms with Crippen LogP contribution in [0.5, 0.6) is 0 Å². The number of rotatable bonds is 11. The molecule has 2 N–H and O–H groups in total. The minimum Gasteiger partial charge on any atom is -0.372 e. The lowest BCUT2D eigenvalue weighted by Gasteiger charge is -2.37. The summed E-state index contributed by atoms with van der Waals surface area (Å²) < 4.78 is 29.1. The van der Waals surface area contributed by atoms with Crippen LogP contribution < -0.4 is 15.5 Å². The second-order valence-electron chi connectivity index (χ2n) is 12.3. The largest absolute Gasteiger partial charge is 0.372 e. The average Bonchev–Trinajstić information content (AvgIpc) is 3.96. The standard InChI is InChI=1S/C39H39F2N3O2/c1-2-24-42-38(46)36(28-8-4-3-5-9-28)29-22-25-44(26-23-29)33-20-18-32(19-21-33)43-37(45)35-11-7-6-10-34(35)27-12-14-30(15-13-27)39(40,41)31-16-17-31/h2-15,18-21,29,31,36H,1,16-17,22-26H2,(H,42,46)(H,43,45). The summed E-state index contributed by atoms with van der Waals surface area (Å²) in [6.45, 7) is 5.83. The van der Waals surface area contributed by atoms with Crippen LogP contribution in [0.1, 0.15) is 53.1 Å². The van der Waals surface area contributed by atoms with Gasteiger partial charge in [-0.2, -0.15) is 0 Å². The molecule has 0 aromatic heterocycles. The molecule has 46 heavy (non-hydrogen) atoms. The molecular formula is C39H39F2N3O2. The molecule has 0 spiro atoms. The maximum absolute atomic E-state index is 14.6. The Morgan fingerprint density at radius 3 is 2.15 bits per heavy atom. The zero-order valence-electron chi connectivity index (χ0n) is 25.8. The molecule has 2 amide bonds. The molecule has 236 valence electrons. The van der Waals surface area contributed by atoms with Gasteiger partial charge in [0.25, 0.3) is 11.8 Å². The van der Waals surface area contributed by atoms with E-state index in [0.29, 0.717) is 41.8 Å². The van der Waals surface area contributed by atoms with Gasteiger partial charge in [-0.05, 0) is 78.6 Å². The molecule has 1 unspecified atom stereocenters. The molecule has 1 saturated carbocycles. The first-order valence-corrected chi connectivity index (χ1v) is 16.0. The fourth-order valence-corrected chi connectivity index (χ4v) is 6.51. The normalized spacial score (nSPS) is 16.0. The van der Waals surface area contributed by atoms with E-state index in [0.717, 1.165) is 37.2 Å². The Kier molecular flexibility index (Phi) is 9.29. The van der Waals surface area contributed by atoms with E-state index in [-0.39, 0.29) is 29.2 Å². The summed E-state index contributed by atoms with van der Waals surface area (Å²) in [5.74, 6) is -3.58. The minimum atomic E-state index is -2.82. The van der Waals surface area contributed by atoms with Crippen LogP contribution in [-0.2, 0) is 10.7 Å². The van der Waals surface area contributed by atoms with Crippen LogP contribution in [0.15, 0.2) is 116 Å². The molecule has 1 saturated heterocycles. The molecule has 1 aliphatic carbocycles. The summed E-state index contributed by atoms with van der Waals surface area (Å²) in [6, 6.07) is 31.3. The third-order valence-electron chi connectivity index (χ3n) is 9.21. The highest BCUT2D eigenvalue weighted by Crippen LogP contribution is 2.49. The van der Waals surface area contributed by atoms with E-state index in [2.05, 4.69) is 22.1 Å². The topological polar surface area (TPSA) is 61.4 Å². The van der Waals surface area contributed by atoms with Crippen molar-refractivity contribution in [3.05, 3.63) is 132 Å². The number of nitrogens with one attached hydrogen (secondary N) is 2. The molecule has 2 fully saturated rings. The van der Waals surface area contributed by atoms with Crippen molar-refractivity contribution < 1.29 is 18.4 Å². The highest BCUT2D eigenvalue weighted by Gasteiger charge is 2.47. The molecule has 4 aromatic carbocycles. The maximum Gasteiger partial charge on any atom is 0.276 e. The fraction of sp³-hybridized carbons (Fsp3) is 0.282. The molecule has 6 rings (SSSR count). The second-order valence-corrected chi connectivity index (χ2v) is 12.3. The molecule has 7 heteroatoms. The van der Waals surface area contributed by atoms with Gasteiger partial charge in [-0.25, -0.2) is 8.78 Å². The van der Waals surface area contributed by atoms with Crippen LogP contribution in [0.4, 0.5) is 20.2 Å². The Hall–Kier alpha value is -4.78. The van der Waals surface area contributed by atoms with Crippen molar-refractivity contribution in [3.8, 4) is 11.1 Å². The molecule has 1 atom stereocenters. The molecular weight excluding hydrogens is 580 g/mol. The van der Waals surface area contributed by atoms with Crippen LogP contribution in [0.25, 0.3) is 11.1 Å². The van der Waals surface area contributed by atoms with Crippen LogP contribution in [-0.4, -0.2) is 31.4 Å². The van der Waals surface area contributed by atoms with Crippen molar-refractivity contribution in [1.29, 1.82) is 0 Å². The van der Waals surface area contributed by atoms with E-state index in [1.807, 2.05) is 66.7 Å². The van der Waals surface area contributed by atoms with Crippen molar-refractivity contribution >= 4 is 23.2 Å². The van der Waals surface area contributed by atoms with Gasteiger partial charge in [0.15, 0.2) is 0 Å². The number of halogens is 2. The van der Waals surface area contributed by atoms with Crippen LogP contribution in [0.3, 0.4) is 0 Å². The Balaban J connectivity index is 1.09. The van der Waals surface area contributed by atoms with Gasteiger partial charge < -0.3 is 15.5 Å². The highest BCUT2D eigenvalue weighted by molar-refractivity contribution is 6.08. The van der Waals surface area contributed by atoms with Gasteiger partial charge in [0.1, 0.15) is 0 Å². The Labute approximate surface area is 269 Å². The van der Waals surface area contributed by atoms with Crippen molar-refractivity contribution in [1.82, 2.24) is 5.32 Å². The summed E-state index contributed by atoms with van der Waals surface area (Å²) in [4.78, 5) is 28.8. The lowest BCUT2D eigenvalue weighted by Crippen LogP contribution is -2.40. The molecule has 5 nitrogen and oxygen atoms in total. The first-order chi connectivity index (χ1) is 22.3. The van der Waals surface area contributed by atoms with E-state index >= 15 is 0 Å². The molecule has 1 heterocycles. The number of carbonyl (C=O) groups is 2. The maximum atomic E-state index is 14.6. The van der Waals surface area contributed by atoms with Gasteiger partial charge in [-0.1, -0.05) is 78.9 Å². The quantitative estimate of drug-likeness (QED) is 0.166. The molecule has 4 aromatic rings. The monoisotopic (exact) mass is 619 g/mol. The van der Waals surface area contributed by atoms with Gasteiger partial charge in [-0.3, -0.25) is 9.59 Å². The smallest absolute Gasteiger partial charge is 0.276 e. The van der Waals surface area contributed by atoms with Crippen molar-refractivity contribution in [3.63, 3.8) is 0 Å². The first-order valence-electron chi connectivity index (χ1n) is 16.0. The summed E-state index contributed by atoms with van der Waals surface area (Å²) in [7, 11) is 0. The number of alkyl halides is 2. The number of piperidine rings is 1. The Morgan fingerprint density at radius 1 is 0.848 bits per heavy atom. The summed E-state index contributed by atoms with van der Waals surface area (Å²) >= 11 is 0. The minimum absolute atomic E-state index is 0.0232. The summed E-state index contributed by atoms with van der Waals surface area (Å²) in [6.07, 6.45) is 4.59.